The van der Waals surface area contributed by atoms with Gasteiger partial charge in [-0.2, -0.15) is 0 Å². The zero-order valence-corrected chi connectivity index (χ0v) is 7.12. The Labute approximate surface area is 71.0 Å². The van der Waals surface area contributed by atoms with Gasteiger partial charge in [0.25, 0.3) is 0 Å². The summed E-state index contributed by atoms with van der Waals surface area (Å²) in [4.78, 5) is 0. The predicted octanol–water partition coefficient (Wildman–Crippen LogP) is -3.96. The van der Waals surface area contributed by atoms with Crippen molar-refractivity contribution in [3.63, 3.8) is 0 Å². The van der Waals surface area contributed by atoms with Crippen LogP contribution in [-0.2, 0) is 0 Å². The molecule has 0 aliphatic rings. The molecule has 0 atom stereocenters. The Balaban J connectivity index is 4.95. The van der Waals surface area contributed by atoms with Crippen molar-refractivity contribution in [2.75, 3.05) is 6.61 Å². The van der Waals surface area contributed by atoms with Crippen LogP contribution in [0, 0.1) is 5.41 Å². The minimum Gasteiger partial charge on any atom is -0.395 e. The lowest BCUT2D eigenvalue weighted by atomic mass is 9.78. The van der Waals surface area contributed by atoms with Crippen molar-refractivity contribution < 1.29 is 5.11 Å². The van der Waals surface area contributed by atoms with E-state index in [1.54, 1.807) is 0 Å². The zero-order chi connectivity index (χ0) is 10.2. The fourth-order valence-electron chi connectivity index (χ4n) is 0.649. The topological polar surface area (TPSA) is 176 Å². The van der Waals surface area contributed by atoms with Gasteiger partial charge in [0.05, 0.1) is 12.0 Å². The van der Waals surface area contributed by atoms with Crippen molar-refractivity contribution in [3.8, 4) is 0 Å². The van der Waals surface area contributed by atoms with Gasteiger partial charge in [0, 0.05) is 0 Å². The summed E-state index contributed by atoms with van der Waals surface area (Å²) >= 11 is 0. The molecule has 0 heterocycles. The second-order valence-electron chi connectivity index (χ2n) is 3.36. The first-order chi connectivity index (χ1) is 5.06. The normalized spacial score (nSPS) is 15.0. The average Bonchev–Trinajstić information content (AvgIpc) is 1.81. The van der Waals surface area contributed by atoms with Crippen LogP contribution in [0.15, 0.2) is 0 Å². The van der Waals surface area contributed by atoms with Crippen molar-refractivity contribution in [1.29, 1.82) is 0 Å². The van der Waals surface area contributed by atoms with Crippen LogP contribution < -0.4 is 34.4 Å². The maximum Gasteiger partial charge on any atom is 0.128 e. The van der Waals surface area contributed by atoms with Gasteiger partial charge in [-0.15, -0.1) is 0 Å². The highest BCUT2D eigenvalue weighted by molar-refractivity contribution is 5.02. The van der Waals surface area contributed by atoms with Gasteiger partial charge in [0.15, 0.2) is 0 Å². The minimum atomic E-state index is -1.74. The van der Waals surface area contributed by atoms with Gasteiger partial charge in [-0.05, 0) is 6.92 Å². The number of hydrogen-bond acceptors (Lipinski definition) is 7. The third kappa shape index (κ3) is 1.72. The van der Waals surface area contributed by atoms with E-state index in [0.717, 1.165) is 0 Å². The van der Waals surface area contributed by atoms with Gasteiger partial charge in [0.1, 0.15) is 11.6 Å². The van der Waals surface area contributed by atoms with Gasteiger partial charge in [-0.25, -0.2) is 0 Å². The molecule has 0 radical (unpaired) electrons. The lowest BCUT2D eigenvalue weighted by Crippen LogP contribution is -2.83. The molecule has 7 nitrogen and oxygen atoms in total. The Morgan fingerprint density at radius 2 is 1.17 bits per heavy atom. The molecule has 0 amide bonds. The first-order valence-corrected chi connectivity index (χ1v) is 3.40. The van der Waals surface area contributed by atoms with E-state index in [2.05, 4.69) is 0 Å². The Hall–Kier alpha value is -0.280. The van der Waals surface area contributed by atoms with E-state index in [1.165, 1.54) is 6.92 Å². The smallest absolute Gasteiger partial charge is 0.128 e. The minimum absolute atomic E-state index is 0.500. The lowest BCUT2D eigenvalue weighted by molar-refractivity contribution is -0.00897. The van der Waals surface area contributed by atoms with E-state index < -0.39 is 23.6 Å². The molecule has 0 fully saturated rings. The molecule has 74 valence electrons. The molecule has 0 bridgehead atoms. The molecule has 0 aromatic carbocycles. The fourth-order valence-corrected chi connectivity index (χ4v) is 0.649. The molecule has 0 aromatic rings. The first kappa shape index (κ1) is 11.7. The summed E-state index contributed by atoms with van der Waals surface area (Å²) in [5.74, 6) is -3.47. The highest BCUT2D eigenvalue weighted by Gasteiger charge is 2.50. The third-order valence-electron chi connectivity index (χ3n) is 2.23. The van der Waals surface area contributed by atoms with Crippen LogP contribution in [0.5, 0.6) is 0 Å². The molecule has 0 unspecified atom stereocenters. The van der Waals surface area contributed by atoms with Crippen molar-refractivity contribution in [2.24, 2.45) is 39.8 Å². The molecule has 12 heavy (non-hydrogen) atoms. The fraction of sp³-hybridized carbons (Fsp3) is 1.00. The van der Waals surface area contributed by atoms with E-state index >= 15 is 0 Å². The third-order valence-corrected chi connectivity index (χ3v) is 2.23. The van der Waals surface area contributed by atoms with Gasteiger partial charge in [-0.1, -0.05) is 0 Å². The van der Waals surface area contributed by atoms with Crippen LogP contribution in [0.2, 0.25) is 0 Å². The summed E-state index contributed by atoms with van der Waals surface area (Å²) in [5, 5.41) is 8.98. The Kier molecular flexibility index (Phi) is 2.82. The Bertz CT molecular complexity index is 142. The summed E-state index contributed by atoms with van der Waals surface area (Å²) in [7, 11) is 0. The zero-order valence-electron chi connectivity index (χ0n) is 7.12. The summed E-state index contributed by atoms with van der Waals surface area (Å²) in [6.07, 6.45) is 0. The Morgan fingerprint density at radius 3 is 1.17 bits per heavy atom. The molecular formula is C5H18N6O. The van der Waals surface area contributed by atoms with Gasteiger partial charge in [-0.3, -0.25) is 0 Å². The van der Waals surface area contributed by atoms with E-state index in [1.807, 2.05) is 0 Å². The van der Waals surface area contributed by atoms with Gasteiger partial charge >= 0.3 is 0 Å². The summed E-state index contributed by atoms with van der Waals surface area (Å²) in [6, 6.07) is 0. The van der Waals surface area contributed by atoms with Crippen molar-refractivity contribution in [2.45, 2.75) is 18.5 Å². The molecule has 0 aromatic heterocycles. The summed E-state index contributed by atoms with van der Waals surface area (Å²) in [5.41, 5.74) is 30.8. The second kappa shape index (κ2) is 2.89. The molecule has 0 aliphatic heterocycles. The molecule has 7 heteroatoms. The standard InChI is InChI=1S/C5H18N6O/c1-3(2-12,4(6,7)8)5(9,10)11/h12H,2,6-11H2,1H3. The first-order valence-electron chi connectivity index (χ1n) is 3.40. The monoisotopic (exact) mass is 178 g/mol. The van der Waals surface area contributed by atoms with Crippen LogP contribution >= 0.6 is 0 Å². The Morgan fingerprint density at radius 1 is 0.917 bits per heavy atom. The van der Waals surface area contributed by atoms with Crippen LogP contribution in [0.25, 0.3) is 0 Å². The molecule has 0 saturated carbocycles. The van der Waals surface area contributed by atoms with Crippen LogP contribution in [-0.4, -0.2) is 23.3 Å². The largest absolute Gasteiger partial charge is 0.395 e. The van der Waals surface area contributed by atoms with Crippen molar-refractivity contribution >= 4 is 0 Å². The van der Waals surface area contributed by atoms with E-state index in [0.29, 0.717) is 0 Å². The molecular weight excluding hydrogens is 160 g/mol. The quantitative estimate of drug-likeness (QED) is 0.215. The number of hydrogen-bond donors (Lipinski definition) is 7. The number of aliphatic hydroxyl groups is 1. The predicted molar refractivity (Wildman–Crippen MR) is 45.8 cm³/mol. The van der Waals surface area contributed by atoms with Crippen molar-refractivity contribution in [3.05, 3.63) is 0 Å². The van der Waals surface area contributed by atoms with Crippen molar-refractivity contribution in [1.82, 2.24) is 0 Å². The maximum absolute atomic E-state index is 8.98. The second-order valence-corrected chi connectivity index (χ2v) is 3.36. The van der Waals surface area contributed by atoms with E-state index in [9.17, 15) is 0 Å². The molecule has 0 rings (SSSR count). The highest BCUT2D eigenvalue weighted by atomic mass is 16.3. The molecule has 0 saturated heterocycles. The number of nitrogens with two attached hydrogens (primary N) is 6. The number of aliphatic hydroxyl groups excluding tert-OH is 1. The van der Waals surface area contributed by atoms with Crippen LogP contribution in [0.3, 0.4) is 0 Å². The SMILES string of the molecule is CC(CO)(C(N)(N)N)C(N)(N)N. The molecule has 0 aliphatic carbocycles. The van der Waals surface area contributed by atoms with Crippen LogP contribution in [0.1, 0.15) is 6.92 Å². The van der Waals surface area contributed by atoms with E-state index in [4.69, 9.17) is 39.5 Å². The summed E-state index contributed by atoms with van der Waals surface area (Å²) in [6.45, 7) is 0.910. The number of rotatable bonds is 3. The molecule has 0 spiro atoms. The van der Waals surface area contributed by atoms with Gasteiger partial charge in [0.2, 0.25) is 0 Å². The lowest BCUT2D eigenvalue weighted by Gasteiger charge is -2.47. The van der Waals surface area contributed by atoms with Crippen LogP contribution in [0.4, 0.5) is 0 Å². The maximum atomic E-state index is 8.98. The van der Waals surface area contributed by atoms with E-state index in [-0.39, 0.29) is 0 Å². The highest BCUT2D eigenvalue weighted by Crippen LogP contribution is 2.26. The summed E-state index contributed by atoms with van der Waals surface area (Å²) < 4.78 is 0. The average molecular weight is 178 g/mol. The molecule has 13 N–H and O–H groups in total. The van der Waals surface area contributed by atoms with Gasteiger partial charge < -0.3 is 39.5 Å².